The van der Waals surface area contributed by atoms with Gasteiger partial charge in [-0.3, -0.25) is 29.4 Å². The number of nitrogens with zero attached hydrogens (tertiary/aromatic N) is 4. The molecule has 3 heterocycles. The normalized spacial score (nSPS) is 20.9. The van der Waals surface area contributed by atoms with Crippen LogP contribution in [0.25, 0.3) is 6.08 Å². The van der Waals surface area contributed by atoms with Crippen LogP contribution >= 0.6 is 11.8 Å². The highest BCUT2D eigenvalue weighted by Crippen LogP contribution is 2.35. The fraction of sp³-hybridized carbons (Fsp3) is 0.476. The molecule has 11 heteroatoms. The lowest BCUT2D eigenvalue weighted by Crippen LogP contribution is -2.44. The SMILES string of the molecule is O=C(CN1C(=O)S/C(=C\c2cc([N+](=O)[O-])ccc2N2CCOCC2)C1=O)N1CCCCC1. The number of rotatable bonds is 5. The number of ether oxygens (including phenoxy) is 1. The summed E-state index contributed by atoms with van der Waals surface area (Å²) < 4.78 is 5.38. The summed E-state index contributed by atoms with van der Waals surface area (Å²) in [7, 11) is 0. The van der Waals surface area contributed by atoms with E-state index in [4.69, 9.17) is 4.74 Å². The molecule has 1 aromatic rings. The molecule has 0 atom stereocenters. The number of piperidine rings is 1. The first kappa shape index (κ1) is 22.3. The molecule has 0 aliphatic carbocycles. The van der Waals surface area contributed by atoms with Crippen molar-refractivity contribution < 1.29 is 24.0 Å². The van der Waals surface area contributed by atoms with E-state index < -0.39 is 16.1 Å². The molecule has 0 radical (unpaired) electrons. The van der Waals surface area contributed by atoms with Gasteiger partial charge in [0.25, 0.3) is 16.8 Å². The summed E-state index contributed by atoms with van der Waals surface area (Å²) >= 11 is 0.750. The average molecular weight is 461 g/mol. The lowest BCUT2D eigenvalue weighted by Gasteiger charge is -2.30. The quantitative estimate of drug-likeness (QED) is 0.374. The molecule has 3 fully saturated rings. The van der Waals surface area contributed by atoms with E-state index in [1.165, 1.54) is 18.2 Å². The number of thioether (sulfide) groups is 1. The molecule has 0 N–H and O–H groups in total. The van der Waals surface area contributed by atoms with E-state index in [2.05, 4.69) is 0 Å². The molecule has 3 aliphatic heterocycles. The highest BCUT2D eigenvalue weighted by Gasteiger charge is 2.37. The highest BCUT2D eigenvalue weighted by atomic mass is 32.2. The molecular weight excluding hydrogens is 436 g/mol. The number of carbonyl (C=O) groups excluding carboxylic acids is 3. The number of likely N-dealkylation sites (tertiary alicyclic amines) is 1. The predicted molar refractivity (Wildman–Crippen MR) is 119 cm³/mol. The molecule has 0 spiro atoms. The fourth-order valence-corrected chi connectivity index (χ4v) is 4.85. The Hall–Kier alpha value is -2.92. The number of hydrogen-bond donors (Lipinski definition) is 0. The van der Waals surface area contributed by atoms with Crippen molar-refractivity contribution in [1.82, 2.24) is 9.80 Å². The van der Waals surface area contributed by atoms with Crippen LogP contribution in [0.5, 0.6) is 0 Å². The molecule has 0 saturated carbocycles. The smallest absolute Gasteiger partial charge is 0.294 e. The van der Waals surface area contributed by atoms with Crippen LogP contribution in [0.15, 0.2) is 23.1 Å². The van der Waals surface area contributed by atoms with Crippen molar-refractivity contribution >= 4 is 46.3 Å². The van der Waals surface area contributed by atoms with Crippen molar-refractivity contribution in [1.29, 1.82) is 0 Å². The zero-order chi connectivity index (χ0) is 22.7. The maximum Gasteiger partial charge on any atom is 0.294 e. The van der Waals surface area contributed by atoms with Gasteiger partial charge in [-0.1, -0.05) is 0 Å². The maximum atomic E-state index is 12.9. The van der Waals surface area contributed by atoms with Crippen molar-refractivity contribution in [3.63, 3.8) is 0 Å². The molecule has 0 aromatic heterocycles. The Bertz CT molecular complexity index is 969. The van der Waals surface area contributed by atoms with Crippen molar-refractivity contribution in [2.75, 3.05) is 50.8 Å². The first-order valence-electron chi connectivity index (χ1n) is 10.6. The van der Waals surface area contributed by atoms with Crippen molar-refractivity contribution in [3.8, 4) is 0 Å². The van der Waals surface area contributed by atoms with Gasteiger partial charge in [-0.2, -0.15) is 0 Å². The van der Waals surface area contributed by atoms with Crippen LogP contribution in [0.1, 0.15) is 24.8 Å². The van der Waals surface area contributed by atoms with Gasteiger partial charge < -0.3 is 14.5 Å². The summed E-state index contributed by atoms with van der Waals surface area (Å²) in [4.78, 5) is 53.6. The summed E-state index contributed by atoms with van der Waals surface area (Å²) in [5.74, 6) is -0.789. The number of non-ortho nitro benzene ring substituents is 1. The molecule has 10 nitrogen and oxygen atoms in total. The number of amides is 3. The Morgan fingerprint density at radius 1 is 1.12 bits per heavy atom. The fourth-order valence-electron chi connectivity index (χ4n) is 4.02. The first-order valence-corrected chi connectivity index (χ1v) is 11.4. The topological polar surface area (TPSA) is 113 Å². The van der Waals surface area contributed by atoms with Gasteiger partial charge in [0.15, 0.2) is 0 Å². The lowest BCUT2D eigenvalue weighted by atomic mass is 10.1. The third-order valence-electron chi connectivity index (χ3n) is 5.74. The van der Waals surface area contributed by atoms with Crippen LogP contribution in [-0.4, -0.2) is 77.7 Å². The van der Waals surface area contributed by atoms with Crippen LogP contribution in [0.4, 0.5) is 16.2 Å². The number of carbonyl (C=O) groups is 3. The van der Waals surface area contributed by atoms with Gasteiger partial charge >= 0.3 is 0 Å². The molecule has 0 unspecified atom stereocenters. The lowest BCUT2D eigenvalue weighted by molar-refractivity contribution is -0.384. The summed E-state index contributed by atoms with van der Waals surface area (Å²) in [6.07, 6.45) is 4.42. The van der Waals surface area contributed by atoms with Gasteiger partial charge in [-0.25, -0.2) is 0 Å². The first-order chi connectivity index (χ1) is 15.4. The van der Waals surface area contributed by atoms with Crippen LogP contribution < -0.4 is 4.90 Å². The minimum absolute atomic E-state index is 0.104. The molecule has 32 heavy (non-hydrogen) atoms. The standard InChI is InChI=1S/C21H24N4O6S/c26-19(23-6-2-1-3-7-23)14-24-20(27)18(32-21(24)28)13-15-12-16(25(29)30)4-5-17(15)22-8-10-31-11-9-22/h4-5,12-13H,1-3,6-11,14H2/b18-13-. The van der Waals surface area contributed by atoms with E-state index in [1.807, 2.05) is 4.90 Å². The summed E-state index contributed by atoms with van der Waals surface area (Å²) in [5.41, 5.74) is 1.11. The van der Waals surface area contributed by atoms with E-state index in [0.717, 1.165) is 41.6 Å². The number of benzene rings is 1. The molecule has 3 amide bonds. The average Bonchev–Trinajstić information content (AvgIpc) is 3.07. The van der Waals surface area contributed by atoms with E-state index >= 15 is 0 Å². The minimum atomic E-state index is -0.551. The summed E-state index contributed by atoms with van der Waals surface area (Å²) in [5, 5.41) is 10.8. The molecule has 4 rings (SSSR count). The van der Waals surface area contributed by atoms with Crippen LogP contribution in [0.3, 0.4) is 0 Å². The Kier molecular flexibility index (Phi) is 6.75. The van der Waals surface area contributed by atoms with Gasteiger partial charge in [-0.05, 0) is 43.2 Å². The Morgan fingerprint density at radius 3 is 2.53 bits per heavy atom. The predicted octanol–water partition coefficient (Wildman–Crippen LogP) is 2.48. The van der Waals surface area contributed by atoms with Gasteiger partial charge in [-0.15, -0.1) is 0 Å². The molecule has 170 valence electrons. The van der Waals surface area contributed by atoms with Crippen molar-refractivity contribution in [3.05, 3.63) is 38.8 Å². The minimum Gasteiger partial charge on any atom is -0.378 e. The van der Waals surface area contributed by atoms with Gasteiger partial charge in [0.1, 0.15) is 6.54 Å². The highest BCUT2D eigenvalue weighted by molar-refractivity contribution is 8.18. The van der Waals surface area contributed by atoms with Gasteiger partial charge in [0.2, 0.25) is 5.91 Å². The number of hydrogen-bond acceptors (Lipinski definition) is 8. The van der Waals surface area contributed by atoms with E-state index in [9.17, 15) is 24.5 Å². The monoisotopic (exact) mass is 460 g/mol. The van der Waals surface area contributed by atoms with Crippen LogP contribution in [0, 0.1) is 10.1 Å². The van der Waals surface area contributed by atoms with Gasteiger partial charge in [0, 0.05) is 49.6 Å². The Morgan fingerprint density at radius 2 is 1.84 bits per heavy atom. The second kappa shape index (κ2) is 9.70. The number of morpholine rings is 1. The number of imide groups is 1. The van der Waals surface area contributed by atoms with Crippen molar-refractivity contribution in [2.45, 2.75) is 19.3 Å². The van der Waals surface area contributed by atoms with Crippen LogP contribution in [0.2, 0.25) is 0 Å². The van der Waals surface area contributed by atoms with E-state index in [1.54, 1.807) is 11.0 Å². The zero-order valence-electron chi connectivity index (χ0n) is 17.5. The number of nitro benzene ring substituents is 1. The van der Waals surface area contributed by atoms with E-state index in [-0.39, 0.29) is 23.0 Å². The number of nitro groups is 1. The maximum absolute atomic E-state index is 12.9. The van der Waals surface area contributed by atoms with Crippen molar-refractivity contribution in [2.24, 2.45) is 0 Å². The number of anilines is 1. The molecule has 0 bridgehead atoms. The Balaban J connectivity index is 1.58. The third kappa shape index (κ3) is 4.78. The second-order valence-corrected chi connectivity index (χ2v) is 8.80. The molecule has 1 aromatic carbocycles. The second-order valence-electron chi connectivity index (χ2n) is 7.81. The Labute approximate surface area is 189 Å². The molecule has 3 saturated heterocycles. The largest absolute Gasteiger partial charge is 0.378 e. The third-order valence-corrected chi connectivity index (χ3v) is 6.64. The molecule has 3 aliphatic rings. The zero-order valence-corrected chi connectivity index (χ0v) is 18.3. The van der Waals surface area contributed by atoms with Crippen LogP contribution in [-0.2, 0) is 14.3 Å². The summed E-state index contributed by atoms with van der Waals surface area (Å²) in [6.45, 7) is 3.29. The summed E-state index contributed by atoms with van der Waals surface area (Å²) in [6, 6.07) is 4.47. The van der Waals surface area contributed by atoms with Gasteiger partial charge in [0.05, 0.1) is 23.0 Å². The molecular formula is C21H24N4O6S. The van der Waals surface area contributed by atoms with E-state index in [0.29, 0.717) is 45.0 Å².